The van der Waals surface area contributed by atoms with E-state index in [1.165, 1.54) is 6.07 Å². The van der Waals surface area contributed by atoms with Crippen LogP contribution in [0.5, 0.6) is 0 Å². The molecule has 0 aliphatic heterocycles. The van der Waals surface area contributed by atoms with Crippen LogP contribution in [0.3, 0.4) is 0 Å². The molecule has 0 radical (unpaired) electrons. The Kier molecular flexibility index (Phi) is 3.96. The van der Waals surface area contributed by atoms with Crippen molar-refractivity contribution >= 4 is 35.2 Å². The van der Waals surface area contributed by atoms with Gasteiger partial charge in [0.2, 0.25) is 0 Å². The maximum absolute atomic E-state index is 8.88. The van der Waals surface area contributed by atoms with E-state index in [0.717, 1.165) is 0 Å². The highest BCUT2D eigenvalue weighted by Gasteiger charge is 2.07. The van der Waals surface area contributed by atoms with Crippen molar-refractivity contribution in [3.8, 4) is 6.07 Å². The van der Waals surface area contributed by atoms with Gasteiger partial charge in [0, 0.05) is 19.1 Å². The van der Waals surface area contributed by atoms with Crippen molar-refractivity contribution in [2.75, 3.05) is 14.1 Å². The largest absolute Gasteiger partial charge is 0.369 e. The van der Waals surface area contributed by atoms with Crippen LogP contribution in [0.15, 0.2) is 17.1 Å². The van der Waals surface area contributed by atoms with Gasteiger partial charge in [-0.25, -0.2) is 4.99 Å². The summed E-state index contributed by atoms with van der Waals surface area (Å²) in [7, 11) is 3.67. The fourth-order valence-corrected chi connectivity index (χ4v) is 1.50. The molecule has 0 spiro atoms. The van der Waals surface area contributed by atoms with Crippen molar-refractivity contribution in [1.82, 2.24) is 4.90 Å². The van der Waals surface area contributed by atoms with E-state index in [0.29, 0.717) is 21.3 Å². The molecule has 0 aliphatic carbocycles. The second kappa shape index (κ2) is 5.01. The third-order valence-corrected chi connectivity index (χ3v) is 2.07. The molecule has 0 aromatic heterocycles. The summed E-state index contributed by atoms with van der Waals surface area (Å²) in [6, 6.07) is 5.10. The van der Waals surface area contributed by atoms with Crippen LogP contribution in [-0.4, -0.2) is 25.3 Å². The van der Waals surface area contributed by atoms with E-state index in [-0.39, 0.29) is 0 Å². The van der Waals surface area contributed by atoms with Gasteiger partial charge in [0.25, 0.3) is 0 Å². The number of nitrogens with zero attached hydrogens (tertiary/aromatic N) is 3. The minimum absolute atomic E-state index is 0.366. The van der Waals surface area contributed by atoms with Gasteiger partial charge < -0.3 is 4.90 Å². The smallest absolute Gasteiger partial charge is 0.102 e. The van der Waals surface area contributed by atoms with Crippen molar-refractivity contribution in [2.45, 2.75) is 0 Å². The fourth-order valence-electron chi connectivity index (χ4n) is 0.956. The molecule has 15 heavy (non-hydrogen) atoms. The monoisotopic (exact) mass is 241 g/mol. The zero-order chi connectivity index (χ0) is 11.4. The van der Waals surface area contributed by atoms with E-state index in [1.807, 2.05) is 20.2 Å². The van der Waals surface area contributed by atoms with Crippen LogP contribution in [0.4, 0.5) is 5.69 Å². The van der Waals surface area contributed by atoms with Crippen molar-refractivity contribution in [2.24, 2.45) is 4.99 Å². The summed E-state index contributed by atoms with van der Waals surface area (Å²) in [5.74, 6) is 0. The van der Waals surface area contributed by atoms with Crippen LogP contribution in [0.2, 0.25) is 10.0 Å². The van der Waals surface area contributed by atoms with Gasteiger partial charge in [-0.2, -0.15) is 5.26 Å². The van der Waals surface area contributed by atoms with Crippen molar-refractivity contribution in [1.29, 1.82) is 5.26 Å². The minimum Gasteiger partial charge on any atom is -0.369 e. The molecule has 0 saturated carbocycles. The maximum Gasteiger partial charge on any atom is 0.102 e. The molecule has 0 saturated heterocycles. The third-order valence-electron chi connectivity index (χ3n) is 1.57. The summed E-state index contributed by atoms with van der Waals surface area (Å²) in [4.78, 5) is 5.86. The Morgan fingerprint density at radius 1 is 1.40 bits per heavy atom. The minimum atomic E-state index is 0.366. The summed E-state index contributed by atoms with van der Waals surface area (Å²) in [5, 5.41) is 9.68. The zero-order valence-electron chi connectivity index (χ0n) is 8.33. The van der Waals surface area contributed by atoms with Gasteiger partial charge in [-0.1, -0.05) is 23.2 Å². The lowest BCUT2D eigenvalue weighted by Crippen LogP contribution is -2.07. The quantitative estimate of drug-likeness (QED) is 0.590. The molecule has 0 N–H and O–H groups in total. The maximum atomic E-state index is 8.88. The molecular formula is C10H9Cl2N3. The molecule has 0 atom stereocenters. The molecule has 0 amide bonds. The topological polar surface area (TPSA) is 39.4 Å². The van der Waals surface area contributed by atoms with Crippen molar-refractivity contribution < 1.29 is 0 Å². The van der Waals surface area contributed by atoms with Gasteiger partial charge in [-0.3, -0.25) is 0 Å². The molecule has 5 heteroatoms. The molecule has 1 aromatic carbocycles. The second-order valence-electron chi connectivity index (χ2n) is 3.10. The van der Waals surface area contributed by atoms with Gasteiger partial charge in [0.15, 0.2) is 0 Å². The van der Waals surface area contributed by atoms with Crippen molar-refractivity contribution in [3.05, 3.63) is 27.7 Å². The highest BCUT2D eigenvalue weighted by Crippen LogP contribution is 2.31. The molecule has 0 fully saturated rings. The first-order valence-corrected chi connectivity index (χ1v) is 4.90. The van der Waals surface area contributed by atoms with Crippen LogP contribution in [0.1, 0.15) is 5.56 Å². The van der Waals surface area contributed by atoms with E-state index in [9.17, 15) is 0 Å². The first-order valence-electron chi connectivity index (χ1n) is 4.14. The Bertz CT molecular complexity index is 433. The predicted octanol–water partition coefficient (Wildman–Crippen LogP) is 3.09. The van der Waals surface area contributed by atoms with Crippen LogP contribution in [0, 0.1) is 11.3 Å². The molecule has 0 unspecified atom stereocenters. The normalized spacial score (nSPS) is 10.3. The van der Waals surface area contributed by atoms with Crippen LogP contribution >= 0.6 is 23.2 Å². The standard InChI is InChI=1S/C10H9Cl2N3/c1-15(2)6-14-10-7(5-13)3-8(11)4-9(10)12/h3-4,6H,1-2H3. The van der Waals surface area contributed by atoms with Crippen LogP contribution < -0.4 is 0 Å². The summed E-state index contributed by atoms with van der Waals surface area (Å²) in [5.41, 5.74) is 0.808. The predicted molar refractivity (Wildman–Crippen MR) is 63.0 cm³/mol. The van der Waals surface area contributed by atoms with Gasteiger partial charge in [-0.05, 0) is 12.1 Å². The summed E-state index contributed by atoms with van der Waals surface area (Å²) >= 11 is 11.7. The number of benzene rings is 1. The zero-order valence-corrected chi connectivity index (χ0v) is 9.84. The summed E-state index contributed by atoms with van der Waals surface area (Å²) in [6.07, 6.45) is 1.58. The number of nitriles is 1. The van der Waals surface area contributed by atoms with Crippen LogP contribution in [0.25, 0.3) is 0 Å². The van der Waals surface area contributed by atoms with E-state index < -0.39 is 0 Å². The lowest BCUT2D eigenvalue weighted by atomic mass is 10.2. The van der Waals surface area contributed by atoms with Gasteiger partial charge in [0.1, 0.15) is 11.8 Å². The first-order chi connectivity index (χ1) is 7.04. The van der Waals surface area contributed by atoms with E-state index >= 15 is 0 Å². The number of hydrogen-bond acceptors (Lipinski definition) is 2. The second-order valence-corrected chi connectivity index (χ2v) is 3.95. The Morgan fingerprint density at radius 3 is 2.60 bits per heavy atom. The summed E-state index contributed by atoms with van der Waals surface area (Å²) in [6.45, 7) is 0. The van der Waals surface area contributed by atoms with E-state index in [4.69, 9.17) is 28.5 Å². The summed E-state index contributed by atoms with van der Waals surface area (Å²) < 4.78 is 0. The Morgan fingerprint density at radius 2 is 2.07 bits per heavy atom. The third kappa shape index (κ3) is 3.12. The van der Waals surface area contributed by atoms with Gasteiger partial charge >= 0.3 is 0 Å². The number of rotatable bonds is 2. The molecular weight excluding hydrogens is 233 g/mol. The molecule has 1 aromatic rings. The molecule has 1 rings (SSSR count). The Balaban J connectivity index is 3.23. The molecule has 0 heterocycles. The molecule has 0 aliphatic rings. The molecule has 0 bridgehead atoms. The average molecular weight is 242 g/mol. The lowest BCUT2D eigenvalue weighted by molar-refractivity contribution is 0.643. The van der Waals surface area contributed by atoms with E-state index in [1.54, 1.807) is 17.3 Å². The highest BCUT2D eigenvalue weighted by molar-refractivity contribution is 6.36. The first kappa shape index (κ1) is 11.8. The number of aliphatic imine (C=N–C) groups is 1. The van der Waals surface area contributed by atoms with Gasteiger partial charge in [0.05, 0.1) is 16.9 Å². The van der Waals surface area contributed by atoms with E-state index in [2.05, 4.69) is 4.99 Å². The number of halogens is 2. The Hall–Kier alpha value is -1.24. The fraction of sp³-hybridized carbons (Fsp3) is 0.200. The van der Waals surface area contributed by atoms with Crippen molar-refractivity contribution in [3.63, 3.8) is 0 Å². The molecule has 78 valence electrons. The highest BCUT2D eigenvalue weighted by atomic mass is 35.5. The Labute approximate surface area is 98.5 Å². The molecule has 3 nitrogen and oxygen atoms in total. The van der Waals surface area contributed by atoms with Gasteiger partial charge in [-0.15, -0.1) is 0 Å². The SMILES string of the molecule is CN(C)C=Nc1c(Cl)cc(Cl)cc1C#N. The average Bonchev–Trinajstić information content (AvgIpc) is 2.14. The lowest BCUT2D eigenvalue weighted by Gasteiger charge is -2.05. The van der Waals surface area contributed by atoms with Crippen LogP contribution in [-0.2, 0) is 0 Å². The number of hydrogen-bond donors (Lipinski definition) is 0.